The largest absolute Gasteiger partial charge is 0.447 e. The summed E-state index contributed by atoms with van der Waals surface area (Å²) in [7, 11) is 3.56. The van der Waals surface area contributed by atoms with E-state index in [2.05, 4.69) is 10.3 Å². The van der Waals surface area contributed by atoms with Crippen LogP contribution in [0.5, 0.6) is 0 Å². The first-order valence-corrected chi connectivity index (χ1v) is 16.5. The fourth-order valence-electron chi connectivity index (χ4n) is 5.78. The van der Waals surface area contributed by atoms with Gasteiger partial charge in [0.2, 0.25) is 0 Å². The normalized spacial score (nSPS) is 16.4. The number of pyridine rings is 1. The number of likely N-dealkylation sites (N-methyl/N-ethyl adjacent to an activating group) is 1. The Hall–Kier alpha value is -3.64. The summed E-state index contributed by atoms with van der Waals surface area (Å²) in [4.78, 5) is 34.6. The number of carbonyl (C=O) groups excluding carboxylic acids is 2. The van der Waals surface area contributed by atoms with Gasteiger partial charge in [-0.25, -0.2) is 13.6 Å². The molecule has 4 aromatic rings. The monoisotopic (exact) mass is 670 g/mol. The number of halogens is 3. The third-order valence-electron chi connectivity index (χ3n) is 8.30. The fourth-order valence-corrected chi connectivity index (χ4v) is 7.29. The van der Waals surface area contributed by atoms with Crippen LogP contribution in [0.3, 0.4) is 0 Å². The fraction of sp³-hybridized carbons (Fsp3) is 0.382. The lowest BCUT2D eigenvalue weighted by Crippen LogP contribution is -2.46. The van der Waals surface area contributed by atoms with E-state index in [1.807, 2.05) is 43.4 Å². The quantitative estimate of drug-likeness (QED) is 0.161. The van der Waals surface area contributed by atoms with Crippen LogP contribution < -0.4 is 5.32 Å². The molecular formula is C34H37ClF2N4O4S. The minimum atomic E-state index is -0.674. The zero-order chi connectivity index (χ0) is 32.6. The van der Waals surface area contributed by atoms with E-state index in [4.69, 9.17) is 21.1 Å². The van der Waals surface area contributed by atoms with Crippen LogP contribution in [-0.2, 0) is 16.0 Å². The molecule has 2 aromatic carbocycles. The van der Waals surface area contributed by atoms with Gasteiger partial charge in [-0.05, 0) is 73.7 Å². The number of ether oxygens (including phenoxy) is 2. The maximum absolute atomic E-state index is 14.7. The summed E-state index contributed by atoms with van der Waals surface area (Å²) in [6, 6.07) is 13.5. The summed E-state index contributed by atoms with van der Waals surface area (Å²) >= 11 is 7.45. The van der Waals surface area contributed by atoms with E-state index in [9.17, 15) is 18.4 Å². The third kappa shape index (κ3) is 7.83. The lowest BCUT2D eigenvalue weighted by Gasteiger charge is -2.39. The Balaban J connectivity index is 1.34. The number of hydrogen-bond acceptors (Lipinski definition) is 7. The summed E-state index contributed by atoms with van der Waals surface area (Å²) in [5.74, 6) is -1.68. The zero-order valence-electron chi connectivity index (χ0n) is 25.8. The zero-order valence-corrected chi connectivity index (χ0v) is 27.4. The first kappa shape index (κ1) is 33.7. The number of hydrogen-bond donors (Lipinski definition) is 1. The van der Waals surface area contributed by atoms with E-state index in [1.54, 1.807) is 29.2 Å². The number of amides is 2. The van der Waals surface area contributed by atoms with Crippen molar-refractivity contribution in [1.82, 2.24) is 20.1 Å². The highest BCUT2D eigenvalue weighted by Crippen LogP contribution is 2.40. The van der Waals surface area contributed by atoms with Crippen molar-refractivity contribution in [1.29, 1.82) is 0 Å². The molecule has 1 fully saturated rings. The second-order valence-corrected chi connectivity index (χ2v) is 12.7. The van der Waals surface area contributed by atoms with Gasteiger partial charge in [-0.2, -0.15) is 0 Å². The Kier molecular flexibility index (Phi) is 11.6. The Labute approximate surface area is 276 Å². The molecule has 244 valence electrons. The van der Waals surface area contributed by atoms with Gasteiger partial charge in [0, 0.05) is 44.6 Å². The Morgan fingerprint density at radius 3 is 2.46 bits per heavy atom. The van der Waals surface area contributed by atoms with Crippen molar-refractivity contribution in [3.05, 3.63) is 88.0 Å². The molecule has 0 unspecified atom stereocenters. The molecule has 8 nitrogen and oxygen atoms in total. The van der Waals surface area contributed by atoms with Gasteiger partial charge in [0.15, 0.2) is 0 Å². The maximum Gasteiger partial charge on any atom is 0.409 e. The maximum atomic E-state index is 14.7. The average molecular weight is 671 g/mol. The molecule has 5 rings (SSSR count). The summed E-state index contributed by atoms with van der Waals surface area (Å²) in [5, 5.41) is 2.83. The molecule has 46 heavy (non-hydrogen) atoms. The minimum Gasteiger partial charge on any atom is -0.447 e. The standard InChI is InChI=1S/C34H37ClF2N4O4S/c1-38-15-16-44-17-18-45-34(43)40(2)25-8-10-26(11-9-25)41(21-22-5-3-6-23(19-22)24-7-4-14-39-20-24)33(42)32-30(35)29-27(36)12-13-28(37)31(29)46-32/h3-7,12-14,19-20,25-26,38H,8-11,15-18,21H2,1-2H3. The number of nitrogens with one attached hydrogen (secondary N) is 1. The van der Waals surface area contributed by atoms with Crippen molar-refractivity contribution >= 4 is 45.0 Å². The predicted octanol–water partition coefficient (Wildman–Crippen LogP) is 7.15. The van der Waals surface area contributed by atoms with Gasteiger partial charge in [0.1, 0.15) is 23.1 Å². The van der Waals surface area contributed by atoms with E-state index < -0.39 is 17.7 Å². The molecule has 0 spiro atoms. The highest BCUT2D eigenvalue weighted by Gasteiger charge is 2.34. The highest BCUT2D eigenvalue weighted by atomic mass is 35.5. The molecule has 2 amide bonds. The summed E-state index contributed by atoms with van der Waals surface area (Å²) < 4.78 is 40.2. The molecule has 1 N–H and O–H groups in total. The number of rotatable bonds is 12. The molecule has 0 aliphatic heterocycles. The van der Waals surface area contributed by atoms with Gasteiger partial charge in [-0.15, -0.1) is 11.3 Å². The molecule has 2 aromatic heterocycles. The summed E-state index contributed by atoms with van der Waals surface area (Å²) in [6.45, 7) is 2.01. The van der Waals surface area contributed by atoms with Crippen LogP contribution in [-0.4, -0.2) is 79.3 Å². The van der Waals surface area contributed by atoms with E-state index in [0.717, 1.165) is 46.7 Å². The third-order valence-corrected chi connectivity index (χ3v) is 9.98. The van der Waals surface area contributed by atoms with E-state index in [1.165, 1.54) is 0 Å². The van der Waals surface area contributed by atoms with Gasteiger partial charge < -0.3 is 24.6 Å². The average Bonchev–Trinajstić information content (AvgIpc) is 3.45. The number of thiophene rings is 1. The van der Waals surface area contributed by atoms with Crippen LogP contribution in [0.1, 0.15) is 40.9 Å². The minimum absolute atomic E-state index is 0.0168. The lowest BCUT2D eigenvalue weighted by molar-refractivity contribution is 0.0413. The van der Waals surface area contributed by atoms with Crippen LogP contribution >= 0.6 is 22.9 Å². The predicted molar refractivity (Wildman–Crippen MR) is 176 cm³/mol. The molecule has 1 aliphatic carbocycles. The van der Waals surface area contributed by atoms with Crippen LogP contribution in [0.2, 0.25) is 5.02 Å². The van der Waals surface area contributed by atoms with Crippen LogP contribution in [0, 0.1) is 11.6 Å². The molecule has 12 heteroatoms. The Morgan fingerprint density at radius 1 is 1.00 bits per heavy atom. The molecule has 1 aliphatic rings. The Bertz CT molecular complexity index is 1650. The SMILES string of the molecule is CNCCOCCOC(=O)N(C)C1CCC(N(Cc2cccc(-c3cccnc3)c2)C(=O)c2sc3c(F)ccc(F)c3c2Cl)CC1. The van der Waals surface area contributed by atoms with Crippen molar-refractivity contribution < 1.29 is 27.8 Å². The molecule has 0 radical (unpaired) electrons. The van der Waals surface area contributed by atoms with Crippen molar-refractivity contribution in [2.75, 3.05) is 40.5 Å². The number of aromatic nitrogens is 1. The van der Waals surface area contributed by atoms with Gasteiger partial charge in [-0.3, -0.25) is 9.78 Å². The number of benzene rings is 2. The van der Waals surface area contributed by atoms with E-state index in [0.29, 0.717) is 38.9 Å². The van der Waals surface area contributed by atoms with Gasteiger partial charge in [0.25, 0.3) is 5.91 Å². The van der Waals surface area contributed by atoms with Crippen molar-refractivity contribution in [2.24, 2.45) is 0 Å². The molecule has 2 heterocycles. The molecule has 0 bridgehead atoms. The van der Waals surface area contributed by atoms with Gasteiger partial charge in [0.05, 0.1) is 28.3 Å². The van der Waals surface area contributed by atoms with Crippen molar-refractivity contribution in [2.45, 2.75) is 44.3 Å². The lowest BCUT2D eigenvalue weighted by atomic mass is 9.89. The van der Waals surface area contributed by atoms with E-state index >= 15 is 0 Å². The van der Waals surface area contributed by atoms with Crippen LogP contribution in [0.15, 0.2) is 60.9 Å². The Morgan fingerprint density at radius 2 is 1.74 bits per heavy atom. The number of carbonyl (C=O) groups is 2. The summed E-state index contributed by atoms with van der Waals surface area (Å²) in [5.41, 5.74) is 2.79. The van der Waals surface area contributed by atoms with Crippen LogP contribution in [0.25, 0.3) is 21.2 Å². The number of nitrogens with zero attached hydrogens (tertiary/aromatic N) is 3. The van der Waals surface area contributed by atoms with Crippen LogP contribution in [0.4, 0.5) is 13.6 Å². The van der Waals surface area contributed by atoms with Crippen molar-refractivity contribution in [3.63, 3.8) is 0 Å². The first-order valence-electron chi connectivity index (χ1n) is 15.3. The van der Waals surface area contributed by atoms with Crippen molar-refractivity contribution in [3.8, 4) is 11.1 Å². The highest BCUT2D eigenvalue weighted by molar-refractivity contribution is 7.21. The molecule has 0 atom stereocenters. The van der Waals surface area contributed by atoms with Gasteiger partial charge in [-0.1, -0.05) is 35.9 Å². The van der Waals surface area contributed by atoms with E-state index in [-0.39, 0.29) is 51.1 Å². The summed E-state index contributed by atoms with van der Waals surface area (Å²) in [6.07, 6.45) is 5.62. The first-order chi connectivity index (χ1) is 22.3. The second kappa shape index (κ2) is 15.8. The smallest absolute Gasteiger partial charge is 0.409 e. The number of fused-ring (bicyclic) bond motifs is 1. The second-order valence-electron chi connectivity index (χ2n) is 11.3. The molecular weight excluding hydrogens is 634 g/mol. The molecule has 1 saturated carbocycles. The topological polar surface area (TPSA) is 84.0 Å². The van der Waals surface area contributed by atoms with Gasteiger partial charge >= 0.3 is 6.09 Å². The molecule has 0 saturated heterocycles.